The molecular weight excluding hydrogens is 178 g/mol. The summed E-state index contributed by atoms with van der Waals surface area (Å²) < 4.78 is 5.27. The second-order valence-corrected chi connectivity index (χ2v) is 4.77. The highest BCUT2D eigenvalue weighted by molar-refractivity contribution is 5.67. The van der Waals surface area contributed by atoms with Crippen LogP contribution in [0.15, 0.2) is 0 Å². The number of ether oxygens (including phenoxy) is 1. The van der Waals surface area contributed by atoms with E-state index < -0.39 is 0 Å². The number of likely N-dealkylation sites (tertiary alicyclic amines) is 1. The number of hydrogen-bond acceptors (Lipinski definition) is 2. The molecule has 1 aliphatic rings. The first-order chi connectivity index (χ1) is 6.55. The molecule has 0 radical (unpaired) electrons. The minimum Gasteiger partial charge on any atom is -0.449 e. The van der Waals surface area contributed by atoms with E-state index in [4.69, 9.17) is 4.74 Å². The summed E-state index contributed by atoms with van der Waals surface area (Å²) in [5.74, 6) is 0. The van der Waals surface area contributed by atoms with Crippen LogP contribution in [0.1, 0.15) is 40.0 Å². The van der Waals surface area contributed by atoms with E-state index in [1.54, 1.807) is 4.90 Å². The smallest absolute Gasteiger partial charge is 0.409 e. The molecule has 1 amide bonds. The van der Waals surface area contributed by atoms with Gasteiger partial charge in [-0.25, -0.2) is 4.79 Å². The Kier molecular flexibility index (Phi) is 3.78. The summed E-state index contributed by atoms with van der Waals surface area (Å²) in [5.41, 5.74) is 0.107. The van der Waals surface area contributed by atoms with Gasteiger partial charge in [0.2, 0.25) is 0 Å². The minimum absolute atomic E-state index is 0.107. The normalized spacial score (nSPS) is 17.2. The van der Waals surface area contributed by atoms with Gasteiger partial charge >= 0.3 is 6.09 Å². The van der Waals surface area contributed by atoms with Gasteiger partial charge in [0.05, 0.1) is 6.61 Å². The van der Waals surface area contributed by atoms with E-state index in [9.17, 15) is 4.79 Å². The van der Waals surface area contributed by atoms with Gasteiger partial charge in [-0.15, -0.1) is 0 Å². The molecule has 3 nitrogen and oxygen atoms in total. The molecule has 0 bridgehead atoms. The maximum absolute atomic E-state index is 11.5. The van der Waals surface area contributed by atoms with Crippen LogP contribution >= 0.6 is 0 Å². The van der Waals surface area contributed by atoms with Crippen molar-refractivity contribution in [2.75, 3.05) is 19.7 Å². The van der Waals surface area contributed by atoms with Crippen molar-refractivity contribution in [1.29, 1.82) is 0 Å². The Hall–Kier alpha value is -0.730. The monoisotopic (exact) mass is 199 g/mol. The third-order valence-electron chi connectivity index (χ3n) is 2.91. The van der Waals surface area contributed by atoms with Crippen molar-refractivity contribution in [1.82, 2.24) is 4.90 Å². The largest absolute Gasteiger partial charge is 0.449 e. The number of amides is 1. The maximum Gasteiger partial charge on any atom is 0.409 e. The van der Waals surface area contributed by atoms with Crippen LogP contribution in [0.5, 0.6) is 0 Å². The van der Waals surface area contributed by atoms with Crippen LogP contribution in [0.4, 0.5) is 4.79 Å². The third-order valence-corrected chi connectivity index (χ3v) is 2.91. The van der Waals surface area contributed by atoms with E-state index in [0.717, 1.165) is 32.4 Å². The Morgan fingerprint density at radius 1 is 1.36 bits per heavy atom. The molecule has 0 N–H and O–H groups in total. The van der Waals surface area contributed by atoms with Crippen LogP contribution in [0.25, 0.3) is 0 Å². The Morgan fingerprint density at radius 2 is 1.93 bits per heavy atom. The first-order valence-corrected chi connectivity index (χ1v) is 5.47. The van der Waals surface area contributed by atoms with Crippen LogP contribution in [0, 0.1) is 5.41 Å². The van der Waals surface area contributed by atoms with Gasteiger partial charge in [-0.1, -0.05) is 20.8 Å². The molecule has 82 valence electrons. The summed E-state index contributed by atoms with van der Waals surface area (Å²) in [7, 11) is 0. The molecule has 1 aliphatic heterocycles. The summed E-state index contributed by atoms with van der Waals surface area (Å²) in [6.45, 7) is 8.60. The average molecular weight is 199 g/mol. The van der Waals surface area contributed by atoms with Crippen molar-refractivity contribution in [2.24, 2.45) is 5.41 Å². The first kappa shape index (κ1) is 11.3. The zero-order valence-electron chi connectivity index (χ0n) is 9.51. The molecule has 0 aromatic heterocycles. The molecule has 0 saturated carbocycles. The molecule has 14 heavy (non-hydrogen) atoms. The van der Waals surface area contributed by atoms with E-state index in [-0.39, 0.29) is 11.5 Å². The highest BCUT2D eigenvalue weighted by Gasteiger charge is 2.22. The lowest BCUT2D eigenvalue weighted by atomic mass is 9.92. The van der Waals surface area contributed by atoms with E-state index in [1.807, 2.05) is 0 Å². The van der Waals surface area contributed by atoms with Gasteiger partial charge in [-0.05, 0) is 24.7 Å². The van der Waals surface area contributed by atoms with Crippen molar-refractivity contribution >= 4 is 6.09 Å². The zero-order valence-corrected chi connectivity index (χ0v) is 9.51. The predicted octanol–water partition coefficient (Wildman–Crippen LogP) is 2.66. The zero-order chi connectivity index (χ0) is 10.6. The maximum atomic E-state index is 11.5. The molecule has 0 aromatic carbocycles. The fourth-order valence-electron chi connectivity index (χ4n) is 1.35. The Bertz CT molecular complexity index is 195. The van der Waals surface area contributed by atoms with Crippen molar-refractivity contribution in [3.05, 3.63) is 0 Å². The molecule has 0 aromatic rings. The lowest BCUT2D eigenvalue weighted by Gasteiger charge is -2.24. The van der Waals surface area contributed by atoms with Gasteiger partial charge in [0.15, 0.2) is 0 Å². The number of carbonyl (C=O) groups is 1. The van der Waals surface area contributed by atoms with E-state index >= 15 is 0 Å². The van der Waals surface area contributed by atoms with Gasteiger partial charge in [-0.3, -0.25) is 0 Å². The fraction of sp³-hybridized carbons (Fsp3) is 0.909. The van der Waals surface area contributed by atoms with Gasteiger partial charge < -0.3 is 9.64 Å². The van der Waals surface area contributed by atoms with E-state index in [2.05, 4.69) is 20.8 Å². The van der Waals surface area contributed by atoms with Crippen LogP contribution < -0.4 is 0 Å². The summed E-state index contributed by atoms with van der Waals surface area (Å²) in [6, 6.07) is 0. The second-order valence-electron chi connectivity index (χ2n) is 4.77. The Balaban J connectivity index is 2.27. The SMILES string of the molecule is CCC(C)(C)COC(=O)N1CCCC1. The van der Waals surface area contributed by atoms with Crippen molar-refractivity contribution in [3.8, 4) is 0 Å². The number of nitrogens with zero attached hydrogens (tertiary/aromatic N) is 1. The summed E-state index contributed by atoms with van der Waals surface area (Å²) in [4.78, 5) is 13.3. The first-order valence-electron chi connectivity index (χ1n) is 5.47. The average Bonchev–Trinajstić information content (AvgIpc) is 2.67. The quantitative estimate of drug-likeness (QED) is 0.699. The molecule has 0 atom stereocenters. The topological polar surface area (TPSA) is 29.5 Å². The molecule has 3 heteroatoms. The van der Waals surface area contributed by atoms with Gasteiger partial charge in [0.1, 0.15) is 0 Å². The number of rotatable bonds is 3. The lowest BCUT2D eigenvalue weighted by Crippen LogP contribution is -2.31. The standard InChI is InChI=1S/C11H21NO2/c1-4-11(2,3)9-14-10(13)12-7-5-6-8-12/h4-9H2,1-3H3. The van der Waals surface area contributed by atoms with Gasteiger partial charge in [-0.2, -0.15) is 0 Å². The fourth-order valence-corrected chi connectivity index (χ4v) is 1.35. The summed E-state index contributed by atoms with van der Waals surface area (Å²) in [6.07, 6.45) is 3.13. The summed E-state index contributed by atoms with van der Waals surface area (Å²) in [5, 5.41) is 0. The van der Waals surface area contributed by atoms with Gasteiger partial charge in [0, 0.05) is 13.1 Å². The minimum atomic E-state index is -0.135. The summed E-state index contributed by atoms with van der Waals surface area (Å²) >= 11 is 0. The van der Waals surface area contributed by atoms with Crippen LogP contribution in [0.2, 0.25) is 0 Å². The Morgan fingerprint density at radius 3 is 2.43 bits per heavy atom. The molecule has 1 rings (SSSR count). The molecular formula is C11H21NO2. The second kappa shape index (κ2) is 4.67. The molecule has 0 spiro atoms. The van der Waals surface area contributed by atoms with Crippen molar-refractivity contribution in [2.45, 2.75) is 40.0 Å². The van der Waals surface area contributed by atoms with E-state index in [1.165, 1.54) is 0 Å². The van der Waals surface area contributed by atoms with Gasteiger partial charge in [0.25, 0.3) is 0 Å². The molecule has 1 saturated heterocycles. The number of hydrogen-bond donors (Lipinski definition) is 0. The molecule has 1 fully saturated rings. The van der Waals surface area contributed by atoms with E-state index in [0.29, 0.717) is 6.61 Å². The predicted molar refractivity (Wildman–Crippen MR) is 56.2 cm³/mol. The molecule has 0 unspecified atom stereocenters. The highest BCUT2D eigenvalue weighted by atomic mass is 16.6. The lowest BCUT2D eigenvalue weighted by molar-refractivity contribution is 0.0712. The Labute approximate surface area is 86.4 Å². The van der Waals surface area contributed by atoms with Crippen LogP contribution in [0.3, 0.4) is 0 Å². The molecule has 0 aliphatic carbocycles. The highest BCUT2D eigenvalue weighted by Crippen LogP contribution is 2.20. The van der Waals surface area contributed by atoms with Crippen LogP contribution in [-0.2, 0) is 4.74 Å². The third kappa shape index (κ3) is 3.20. The van der Waals surface area contributed by atoms with Crippen molar-refractivity contribution in [3.63, 3.8) is 0 Å². The van der Waals surface area contributed by atoms with Crippen molar-refractivity contribution < 1.29 is 9.53 Å². The number of carbonyl (C=O) groups excluding carboxylic acids is 1. The van der Waals surface area contributed by atoms with Crippen LogP contribution in [-0.4, -0.2) is 30.7 Å². The molecule has 1 heterocycles.